The molecule has 1 aromatic heterocycles. The zero-order chi connectivity index (χ0) is 13.4. The molecular weight excluding hydrogens is 278 g/mol. The summed E-state index contributed by atoms with van der Waals surface area (Å²) < 4.78 is 0. The molecule has 3 nitrogen and oxygen atoms in total. The van der Waals surface area contributed by atoms with E-state index >= 15 is 0 Å². The van der Waals surface area contributed by atoms with E-state index in [1.54, 1.807) is 0 Å². The zero-order valence-corrected chi connectivity index (χ0v) is 14.0. The molecule has 0 amide bonds. The normalized spacial score (nSPS) is 24.5. The van der Waals surface area contributed by atoms with Crippen molar-refractivity contribution in [2.45, 2.75) is 46.1 Å². The van der Waals surface area contributed by atoms with Gasteiger partial charge in [-0.15, -0.1) is 23.7 Å². The highest BCUT2D eigenvalue weighted by Crippen LogP contribution is 2.32. The molecule has 110 valence electrons. The summed E-state index contributed by atoms with van der Waals surface area (Å²) in [6.07, 6.45) is 3.26. The number of hydrogen-bond donors (Lipinski definition) is 1. The second-order valence-corrected chi connectivity index (χ2v) is 7.97. The molecule has 1 aliphatic rings. The van der Waals surface area contributed by atoms with E-state index in [1.165, 1.54) is 16.3 Å². The van der Waals surface area contributed by atoms with Crippen LogP contribution in [0.1, 0.15) is 44.0 Å². The van der Waals surface area contributed by atoms with Crippen LogP contribution in [0.2, 0.25) is 0 Å². The van der Waals surface area contributed by atoms with Crippen molar-refractivity contribution in [1.82, 2.24) is 9.88 Å². The molecule has 1 aromatic rings. The van der Waals surface area contributed by atoms with Crippen LogP contribution in [-0.4, -0.2) is 29.5 Å². The molecule has 1 fully saturated rings. The molecule has 0 saturated carbocycles. The van der Waals surface area contributed by atoms with Crippen LogP contribution in [0.25, 0.3) is 0 Å². The van der Waals surface area contributed by atoms with Crippen molar-refractivity contribution in [3.05, 3.63) is 16.1 Å². The molecule has 1 saturated heterocycles. The molecule has 0 aliphatic carbocycles. The first kappa shape index (κ1) is 16.9. The van der Waals surface area contributed by atoms with E-state index in [-0.39, 0.29) is 17.8 Å². The van der Waals surface area contributed by atoms with E-state index in [1.807, 2.05) is 17.5 Å². The van der Waals surface area contributed by atoms with Crippen molar-refractivity contribution in [2.24, 2.45) is 11.1 Å². The molecule has 0 radical (unpaired) electrons. The Morgan fingerprint density at radius 2 is 2.16 bits per heavy atom. The Labute approximate surface area is 127 Å². The van der Waals surface area contributed by atoms with E-state index in [9.17, 15) is 0 Å². The SMILES string of the molecule is CC1(CN)CCN(Cc2cnc(C(C)(C)C)s2)C1.Cl. The third kappa shape index (κ3) is 4.15. The fourth-order valence-electron chi connectivity index (χ4n) is 2.38. The average Bonchev–Trinajstić information content (AvgIpc) is 2.86. The van der Waals surface area contributed by atoms with Gasteiger partial charge in [-0.05, 0) is 24.9 Å². The maximum Gasteiger partial charge on any atom is 0.0981 e. The first-order chi connectivity index (χ1) is 8.32. The molecule has 0 bridgehead atoms. The number of aromatic nitrogens is 1. The predicted molar refractivity (Wildman–Crippen MR) is 85.1 cm³/mol. The predicted octanol–water partition coefficient (Wildman–Crippen LogP) is 3.03. The lowest BCUT2D eigenvalue weighted by Gasteiger charge is -2.22. The van der Waals surface area contributed by atoms with Gasteiger partial charge in [-0.1, -0.05) is 27.7 Å². The van der Waals surface area contributed by atoms with Crippen molar-refractivity contribution < 1.29 is 0 Å². The first-order valence-corrected chi connectivity index (χ1v) is 7.52. The van der Waals surface area contributed by atoms with Crippen LogP contribution in [0.5, 0.6) is 0 Å². The zero-order valence-electron chi connectivity index (χ0n) is 12.4. The maximum absolute atomic E-state index is 5.85. The fourth-order valence-corrected chi connectivity index (χ4v) is 3.39. The summed E-state index contributed by atoms with van der Waals surface area (Å²) in [5, 5.41) is 1.23. The minimum absolute atomic E-state index is 0. The summed E-state index contributed by atoms with van der Waals surface area (Å²) in [6.45, 7) is 13.1. The van der Waals surface area contributed by atoms with Crippen LogP contribution in [0, 0.1) is 5.41 Å². The molecule has 0 aromatic carbocycles. The highest BCUT2D eigenvalue weighted by Gasteiger charge is 2.32. The van der Waals surface area contributed by atoms with E-state index in [0.29, 0.717) is 5.41 Å². The monoisotopic (exact) mass is 303 g/mol. The minimum Gasteiger partial charge on any atom is -0.330 e. The lowest BCUT2D eigenvalue weighted by Crippen LogP contribution is -2.30. The molecule has 1 atom stereocenters. The molecular formula is C14H26ClN3S. The summed E-state index contributed by atoms with van der Waals surface area (Å²) in [7, 11) is 0. The van der Waals surface area contributed by atoms with Crippen LogP contribution in [0.3, 0.4) is 0 Å². The second-order valence-electron chi connectivity index (χ2n) is 6.86. The second kappa shape index (κ2) is 6.08. The number of rotatable bonds is 3. The van der Waals surface area contributed by atoms with Crippen LogP contribution in [0.15, 0.2) is 6.20 Å². The third-order valence-electron chi connectivity index (χ3n) is 3.70. The summed E-state index contributed by atoms with van der Waals surface area (Å²) in [4.78, 5) is 8.44. The van der Waals surface area contributed by atoms with Gasteiger partial charge < -0.3 is 5.73 Å². The van der Waals surface area contributed by atoms with Gasteiger partial charge in [-0.2, -0.15) is 0 Å². The van der Waals surface area contributed by atoms with Crippen LogP contribution >= 0.6 is 23.7 Å². The fraction of sp³-hybridized carbons (Fsp3) is 0.786. The van der Waals surface area contributed by atoms with Gasteiger partial charge in [0.2, 0.25) is 0 Å². The van der Waals surface area contributed by atoms with Crippen LogP contribution < -0.4 is 5.73 Å². The van der Waals surface area contributed by atoms with Gasteiger partial charge in [0.1, 0.15) is 0 Å². The van der Waals surface area contributed by atoms with Gasteiger partial charge >= 0.3 is 0 Å². The number of nitrogens with zero attached hydrogens (tertiary/aromatic N) is 2. The summed E-state index contributed by atoms with van der Waals surface area (Å²) in [6, 6.07) is 0. The Balaban J connectivity index is 0.00000180. The largest absolute Gasteiger partial charge is 0.330 e. The molecule has 1 unspecified atom stereocenters. The minimum atomic E-state index is 0. The Hall–Kier alpha value is -0.160. The number of halogens is 1. The lowest BCUT2D eigenvalue weighted by atomic mass is 9.90. The van der Waals surface area contributed by atoms with Crippen LogP contribution in [0.4, 0.5) is 0 Å². The molecule has 2 rings (SSSR count). The van der Waals surface area contributed by atoms with Gasteiger partial charge in [0.25, 0.3) is 0 Å². The number of likely N-dealkylation sites (tertiary alicyclic amines) is 1. The standard InChI is InChI=1S/C14H25N3S.ClH/c1-13(2,3)12-16-7-11(18-12)8-17-6-5-14(4,9-15)10-17;/h7H,5-6,8-10,15H2,1-4H3;1H. The topological polar surface area (TPSA) is 42.1 Å². The first-order valence-electron chi connectivity index (χ1n) is 6.70. The van der Waals surface area contributed by atoms with Gasteiger partial charge in [0.15, 0.2) is 0 Å². The van der Waals surface area contributed by atoms with E-state index < -0.39 is 0 Å². The van der Waals surface area contributed by atoms with Crippen molar-refractivity contribution in [3.8, 4) is 0 Å². The quantitative estimate of drug-likeness (QED) is 0.933. The van der Waals surface area contributed by atoms with Gasteiger partial charge in [0, 0.05) is 29.6 Å². The van der Waals surface area contributed by atoms with Crippen molar-refractivity contribution in [2.75, 3.05) is 19.6 Å². The summed E-state index contributed by atoms with van der Waals surface area (Å²) >= 11 is 1.85. The highest BCUT2D eigenvalue weighted by atomic mass is 35.5. The molecule has 19 heavy (non-hydrogen) atoms. The third-order valence-corrected chi connectivity index (χ3v) is 5.11. The smallest absolute Gasteiger partial charge is 0.0981 e. The molecule has 1 aliphatic heterocycles. The Morgan fingerprint density at radius 1 is 1.47 bits per heavy atom. The van der Waals surface area contributed by atoms with Crippen molar-refractivity contribution >= 4 is 23.7 Å². The Morgan fingerprint density at radius 3 is 2.63 bits per heavy atom. The maximum atomic E-state index is 5.85. The van der Waals surface area contributed by atoms with E-state index in [0.717, 1.165) is 26.2 Å². The number of thiazole rings is 1. The van der Waals surface area contributed by atoms with Gasteiger partial charge in [0.05, 0.1) is 5.01 Å². The lowest BCUT2D eigenvalue weighted by molar-refractivity contribution is 0.276. The molecule has 0 spiro atoms. The molecule has 5 heteroatoms. The number of hydrogen-bond acceptors (Lipinski definition) is 4. The van der Waals surface area contributed by atoms with E-state index in [2.05, 4.69) is 37.6 Å². The summed E-state index contributed by atoms with van der Waals surface area (Å²) in [5.74, 6) is 0. The van der Waals surface area contributed by atoms with Crippen LogP contribution in [-0.2, 0) is 12.0 Å². The van der Waals surface area contributed by atoms with Gasteiger partial charge in [-0.25, -0.2) is 4.98 Å². The Bertz CT molecular complexity index is 413. The van der Waals surface area contributed by atoms with E-state index in [4.69, 9.17) is 5.73 Å². The number of nitrogens with two attached hydrogens (primary N) is 1. The highest BCUT2D eigenvalue weighted by molar-refractivity contribution is 7.11. The Kier molecular flexibility index (Phi) is 5.41. The average molecular weight is 304 g/mol. The van der Waals surface area contributed by atoms with Gasteiger partial charge in [-0.3, -0.25) is 4.90 Å². The molecule has 2 heterocycles. The van der Waals surface area contributed by atoms with Crippen molar-refractivity contribution in [1.29, 1.82) is 0 Å². The summed E-state index contributed by atoms with van der Waals surface area (Å²) in [5.41, 5.74) is 6.33. The van der Waals surface area contributed by atoms with Crippen molar-refractivity contribution in [3.63, 3.8) is 0 Å². The molecule has 2 N–H and O–H groups in total.